The SMILES string of the molecule is O=S(=O)(O)NC1CSCSC1. The highest BCUT2D eigenvalue weighted by molar-refractivity contribution is 8.16. The third-order valence-electron chi connectivity index (χ3n) is 1.12. The van der Waals surface area contributed by atoms with Crippen molar-refractivity contribution < 1.29 is 13.0 Å². The van der Waals surface area contributed by atoms with Gasteiger partial charge in [-0.1, -0.05) is 0 Å². The first-order valence-electron chi connectivity index (χ1n) is 2.98. The van der Waals surface area contributed by atoms with Crippen molar-refractivity contribution in [1.29, 1.82) is 0 Å². The highest BCUT2D eigenvalue weighted by Gasteiger charge is 2.18. The Balaban J connectivity index is 2.36. The van der Waals surface area contributed by atoms with E-state index < -0.39 is 10.3 Å². The number of hydrogen-bond acceptors (Lipinski definition) is 4. The topological polar surface area (TPSA) is 66.4 Å². The van der Waals surface area contributed by atoms with Crippen LogP contribution in [0.4, 0.5) is 0 Å². The molecule has 0 aromatic carbocycles. The van der Waals surface area contributed by atoms with Gasteiger partial charge in [0.25, 0.3) is 0 Å². The lowest BCUT2D eigenvalue weighted by molar-refractivity contribution is 0.461. The minimum Gasteiger partial charge on any atom is -0.273 e. The first-order chi connectivity index (χ1) is 5.08. The molecular weight excluding hydrogens is 206 g/mol. The van der Waals surface area contributed by atoms with Gasteiger partial charge in [0.15, 0.2) is 0 Å². The molecule has 0 aromatic heterocycles. The molecule has 66 valence electrons. The van der Waals surface area contributed by atoms with Gasteiger partial charge in [0.1, 0.15) is 0 Å². The zero-order valence-corrected chi connectivity index (χ0v) is 8.14. The third kappa shape index (κ3) is 4.22. The van der Waals surface area contributed by atoms with Crippen LogP contribution in [0.2, 0.25) is 0 Å². The molecule has 1 aliphatic heterocycles. The van der Waals surface area contributed by atoms with Crippen molar-refractivity contribution in [3.8, 4) is 0 Å². The number of nitrogens with one attached hydrogen (secondary N) is 1. The van der Waals surface area contributed by atoms with Crippen molar-refractivity contribution in [2.24, 2.45) is 0 Å². The fraction of sp³-hybridized carbons (Fsp3) is 1.00. The Bertz CT molecular complexity index is 209. The Morgan fingerprint density at radius 1 is 1.36 bits per heavy atom. The Kier molecular flexibility index (Phi) is 3.51. The van der Waals surface area contributed by atoms with Crippen LogP contribution in [0.3, 0.4) is 0 Å². The number of hydrogen-bond donors (Lipinski definition) is 2. The van der Waals surface area contributed by atoms with Crippen LogP contribution in [-0.4, -0.2) is 35.6 Å². The van der Waals surface area contributed by atoms with E-state index in [0.717, 1.165) is 16.6 Å². The number of thioether (sulfide) groups is 2. The van der Waals surface area contributed by atoms with E-state index >= 15 is 0 Å². The summed E-state index contributed by atoms with van der Waals surface area (Å²) in [5, 5.41) is 1.00. The van der Waals surface area contributed by atoms with Crippen molar-refractivity contribution in [1.82, 2.24) is 4.72 Å². The molecule has 1 rings (SSSR count). The van der Waals surface area contributed by atoms with E-state index in [9.17, 15) is 8.42 Å². The van der Waals surface area contributed by atoms with Crippen LogP contribution < -0.4 is 4.72 Å². The Hall–Kier alpha value is 0.570. The van der Waals surface area contributed by atoms with E-state index in [1.54, 1.807) is 23.5 Å². The average molecular weight is 215 g/mol. The van der Waals surface area contributed by atoms with Gasteiger partial charge < -0.3 is 0 Å². The molecule has 0 amide bonds. The molecule has 1 aliphatic rings. The maximum atomic E-state index is 10.3. The molecule has 0 bridgehead atoms. The normalized spacial score (nSPS) is 21.9. The Labute approximate surface area is 74.4 Å². The summed E-state index contributed by atoms with van der Waals surface area (Å²) in [6, 6.07) is -0.117. The van der Waals surface area contributed by atoms with Crippen molar-refractivity contribution in [3.05, 3.63) is 0 Å². The van der Waals surface area contributed by atoms with E-state index in [4.69, 9.17) is 4.55 Å². The second kappa shape index (κ2) is 3.99. The van der Waals surface area contributed by atoms with Crippen LogP contribution in [-0.2, 0) is 10.3 Å². The van der Waals surface area contributed by atoms with Crippen molar-refractivity contribution in [2.45, 2.75) is 6.04 Å². The molecule has 11 heavy (non-hydrogen) atoms. The molecule has 1 fully saturated rings. The van der Waals surface area contributed by atoms with E-state index in [0.29, 0.717) is 0 Å². The van der Waals surface area contributed by atoms with Gasteiger partial charge in [0, 0.05) is 22.6 Å². The van der Waals surface area contributed by atoms with Crippen molar-refractivity contribution >= 4 is 33.8 Å². The molecule has 7 heteroatoms. The smallest absolute Gasteiger partial charge is 0.273 e. The monoisotopic (exact) mass is 215 g/mol. The lowest BCUT2D eigenvalue weighted by Crippen LogP contribution is -2.39. The summed E-state index contributed by atoms with van der Waals surface area (Å²) in [4.78, 5) is 0. The van der Waals surface area contributed by atoms with E-state index in [-0.39, 0.29) is 6.04 Å². The zero-order valence-electron chi connectivity index (χ0n) is 5.69. The number of rotatable bonds is 2. The van der Waals surface area contributed by atoms with Crippen LogP contribution in [0, 0.1) is 0 Å². The summed E-state index contributed by atoms with van der Waals surface area (Å²) >= 11 is 3.34. The fourth-order valence-corrected chi connectivity index (χ4v) is 3.93. The fourth-order valence-electron chi connectivity index (χ4n) is 0.766. The lowest BCUT2D eigenvalue weighted by atomic mass is 10.4. The second-order valence-corrected chi connectivity index (χ2v) is 5.76. The van der Waals surface area contributed by atoms with Crippen molar-refractivity contribution in [2.75, 3.05) is 16.6 Å². The predicted octanol–water partition coefficient (Wildman–Crippen LogP) is 0.185. The summed E-state index contributed by atoms with van der Waals surface area (Å²) in [5.74, 6) is 1.49. The zero-order chi connectivity index (χ0) is 8.32. The maximum Gasteiger partial charge on any atom is 0.333 e. The standard InChI is InChI=1S/C4H9NO3S3/c6-11(7,8)5-4-1-9-3-10-2-4/h4-5H,1-3H2,(H,6,7,8). The van der Waals surface area contributed by atoms with E-state index in [1.807, 2.05) is 0 Å². The van der Waals surface area contributed by atoms with E-state index in [2.05, 4.69) is 4.72 Å². The predicted molar refractivity (Wildman–Crippen MR) is 48.3 cm³/mol. The van der Waals surface area contributed by atoms with Gasteiger partial charge in [0.2, 0.25) is 0 Å². The first-order valence-corrected chi connectivity index (χ1v) is 6.73. The molecule has 0 aliphatic carbocycles. The molecule has 0 radical (unpaired) electrons. The first kappa shape index (κ1) is 9.66. The van der Waals surface area contributed by atoms with Crippen LogP contribution in [0.5, 0.6) is 0 Å². The Morgan fingerprint density at radius 3 is 2.36 bits per heavy atom. The minimum atomic E-state index is -4.00. The maximum absolute atomic E-state index is 10.3. The molecule has 0 unspecified atom stereocenters. The molecule has 1 saturated heterocycles. The van der Waals surface area contributed by atoms with Gasteiger partial charge in [-0.25, -0.2) is 0 Å². The van der Waals surface area contributed by atoms with Crippen LogP contribution in [0.1, 0.15) is 0 Å². The Morgan fingerprint density at radius 2 is 1.91 bits per heavy atom. The van der Waals surface area contributed by atoms with Gasteiger partial charge >= 0.3 is 10.3 Å². The van der Waals surface area contributed by atoms with E-state index in [1.165, 1.54) is 0 Å². The average Bonchev–Trinajstić information content (AvgIpc) is 1.85. The van der Waals surface area contributed by atoms with Gasteiger partial charge in [-0.05, 0) is 0 Å². The van der Waals surface area contributed by atoms with Gasteiger partial charge in [-0.15, -0.1) is 23.5 Å². The molecule has 0 atom stereocenters. The summed E-state index contributed by atoms with van der Waals surface area (Å²) in [6.45, 7) is 0. The van der Waals surface area contributed by atoms with Gasteiger partial charge in [0.05, 0.1) is 0 Å². The van der Waals surface area contributed by atoms with Crippen LogP contribution >= 0.6 is 23.5 Å². The summed E-state index contributed by atoms with van der Waals surface area (Å²) in [5.41, 5.74) is 0. The third-order valence-corrected chi connectivity index (χ3v) is 4.36. The summed E-state index contributed by atoms with van der Waals surface area (Å²) in [6.07, 6.45) is 0. The molecule has 2 N–H and O–H groups in total. The van der Waals surface area contributed by atoms with Crippen LogP contribution in [0.25, 0.3) is 0 Å². The summed E-state index contributed by atoms with van der Waals surface area (Å²) in [7, 11) is -4.00. The molecule has 0 saturated carbocycles. The second-order valence-electron chi connectivity index (χ2n) is 2.15. The largest absolute Gasteiger partial charge is 0.333 e. The van der Waals surface area contributed by atoms with Crippen LogP contribution in [0.15, 0.2) is 0 Å². The van der Waals surface area contributed by atoms with Crippen molar-refractivity contribution in [3.63, 3.8) is 0 Å². The molecule has 1 heterocycles. The van der Waals surface area contributed by atoms with Gasteiger partial charge in [-0.3, -0.25) is 4.55 Å². The van der Waals surface area contributed by atoms with Gasteiger partial charge in [-0.2, -0.15) is 13.1 Å². The molecule has 0 aromatic rings. The molecular formula is C4H9NO3S3. The lowest BCUT2D eigenvalue weighted by Gasteiger charge is -2.19. The quantitative estimate of drug-likeness (QED) is 0.643. The molecule has 0 spiro atoms. The summed E-state index contributed by atoms with van der Waals surface area (Å²) < 4.78 is 31.2. The minimum absolute atomic E-state index is 0.117. The highest BCUT2D eigenvalue weighted by Crippen LogP contribution is 2.21. The molecule has 4 nitrogen and oxygen atoms in total. The highest BCUT2D eigenvalue weighted by atomic mass is 32.2.